The van der Waals surface area contributed by atoms with E-state index in [2.05, 4.69) is 0 Å². The quantitative estimate of drug-likeness (QED) is 0.921. The Morgan fingerprint density at radius 1 is 1.33 bits per heavy atom. The van der Waals surface area contributed by atoms with Gasteiger partial charge in [0.25, 0.3) is 0 Å². The van der Waals surface area contributed by atoms with Crippen molar-refractivity contribution in [2.45, 2.75) is 38.6 Å². The number of carbonyl (C=O) groups is 2. The third-order valence-corrected chi connectivity index (χ3v) is 4.17. The van der Waals surface area contributed by atoms with E-state index < -0.39 is 0 Å². The Hall–Kier alpha value is -1.91. The second-order valence-corrected chi connectivity index (χ2v) is 5.66. The van der Waals surface area contributed by atoms with E-state index in [1.807, 2.05) is 6.92 Å². The number of aryl methyl sites for hydroxylation is 1. The molecule has 0 saturated carbocycles. The normalized spacial score (nSPS) is 22.1. The summed E-state index contributed by atoms with van der Waals surface area (Å²) in [5, 5.41) is 0. The fraction of sp³-hybridized carbons (Fsp3) is 0.500. The van der Waals surface area contributed by atoms with Gasteiger partial charge in [0, 0.05) is 19.0 Å². The first-order valence-corrected chi connectivity index (χ1v) is 7.31. The van der Waals surface area contributed by atoms with Crippen LogP contribution in [0.5, 0.6) is 0 Å². The Labute approximate surface area is 124 Å². The zero-order chi connectivity index (χ0) is 15.4. The number of piperidine rings is 1. The average molecular weight is 292 g/mol. The highest BCUT2D eigenvalue weighted by Gasteiger charge is 2.31. The van der Waals surface area contributed by atoms with Crippen LogP contribution in [-0.4, -0.2) is 29.3 Å². The van der Waals surface area contributed by atoms with Crippen LogP contribution in [0.4, 0.5) is 4.39 Å². The molecule has 1 aromatic carbocycles. The number of rotatable bonds is 4. The van der Waals surface area contributed by atoms with Crippen LogP contribution in [0.2, 0.25) is 0 Å². The monoisotopic (exact) mass is 292 g/mol. The fourth-order valence-electron chi connectivity index (χ4n) is 2.77. The minimum Gasteiger partial charge on any atom is -0.369 e. The predicted octanol–water partition coefficient (Wildman–Crippen LogP) is 1.87. The van der Waals surface area contributed by atoms with E-state index in [4.69, 9.17) is 5.73 Å². The van der Waals surface area contributed by atoms with Crippen LogP contribution in [0.1, 0.15) is 31.7 Å². The summed E-state index contributed by atoms with van der Waals surface area (Å²) in [5.74, 6) is -0.948. The lowest BCUT2D eigenvalue weighted by atomic mass is 9.92. The maximum absolute atomic E-state index is 13.5. The lowest BCUT2D eigenvalue weighted by molar-refractivity contribution is -0.137. The fourth-order valence-corrected chi connectivity index (χ4v) is 2.77. The van der Waals surface area contributed by atoms with E-state index in [1.54, 1.807) is 23.1 Å². The summed E-state index contributed by atoms with van der Waals surface area (Å²) in [4.78, 5) is 25.3. The Morgan fingerprint density at radius 3 is 2.71 bits per heavy atom. The van der Waals surface area contributed by atoms with Crippen LogP contribution < -0.4 is 5.73 Å². The second-order valence-electron chi connectivity index (χ2n) is 5.66. The Bertz CT molecular complexity index is 533. The maximum Gasteiger partial charge on any atom is 0.223 e. The summed E-state index contributed by atoms with van der Waals surface area (Å²) in [6, 6.07) is 6.58. The van der Waals surface area contributed by atoms with Crippen molar-refractivity contribution in [2.24, 2.45) is 11.7 Å². The number of halogens is 1. The van der Waals surface area contributed by atoms with Gasteiger partial charge in [-0.2, -0.15) is 0 Å². The number of primary amides is 1. The molecule has 21 heavy (non-hydrogen) atoms. The first-order chi connectivity index (χ1) is 9.99. The highest BCUT2D eigenvalue weighted by atomic mass is 19.1. The summed E-state index contributed by atoms with van der Waals surface area (Å²) >= 11 is 0. The maximum atomic E-state index is 13.5. The molecule has 114 valence electrons. The van der Waals surface area contributed by atoms with E-state index in [0.29, 0.717) is 18.5 Å². The van der Waals surface area contributed by atoms with Crippen molar-refractivity contribution < 1.29 is 14.0 Å². The number of hydrogen-bond acceptors (Lipinski definition) is 2. The smallest absolute Gasteiger partial charge is 0.223 e. The molecule has 0 aliphatic carbocycles. The van der Waals surface area contributed by atoms with Crippen LogP contribution in [-0.2, 0) is 16.0 Å². The Balaban J connectivity index is 1.95. The van der Waals surface area contributed by atoms with E-state index in [1.165, 1.54) is 6.07 Å². The molecule has 4 nitrogen and oxygen atoms in total. The zero-order valence-electron chi connectivity index (χ0n) is 12.2. The van der Waals surface area contributed by atoms with Crippen LogP contribution in [0, 0.1) is 11.7 Å². The lowest BCUT2D eigenvalue weighted by Crippen LogP contribution is -2.48. The number of nitrogens with zero attached hydrogens (tertiary/aromatic N) is 1. The number of carbonyl (C=O) groups excluding carboxylic acids is 2. The van der Waals surface area contributed by atoms with Gasteiger partial charge in [0.2, 0.25) is 11.8 Å². The van der Waals surface area contributed by atoms with E-state index in [-0.39, 0.29) is 36.0 Å². The number of hydrogen-bond donors (Lipinski definition) is 1. The number of benzene rings is 1. The molecule has 1 fully saturated rings. The van der Waals surface area contributed by atoms with Gasteiger partial charge >= 0.3 is 0 Å². The molecule has 5 heteroatoms. The SMILES string of the molecule is C[C@@H]1CC[C@@H](C(N)=O)CN1C(=O)CCc1ccccc1F. The van der Waals surface area contributed by atoms with Gasteiger partial charge in [-0.15, -0.1) is 0 Å². The molecule has 1 saturated heterocycles. The predicted molar refractivity (Wildman–Crippen MR) is 77.8 cm³/mol. The molecule has 2 N–H and O–H groups in total. The third-order valence-electron chi connectivity index (χ3n) is 4.17. The van der Waals surface area contributed by atoms with Crippen molar-refractivity contribution in [3.8, 4) is 0 Å². The molecular weight excluding hydrogens is 271 g/mol. The molecule has 1 aliphatic rings. The van der Waals surface area contributed by atoms with E-state index in [9.17, 15) is 14.0 Å². The van der Waals surface area contributed by atoms with Crippen molar-refractivity contribution in [3.63, 3.8) is 0 Å². The van der Waals surface area contributed by atoms with Gasteiger partial charge in [0.1, 0.15) is 5.82 Å². The molecule has 1 aromatic rings. The van der Waals surface area contributed by atoms with Crippen molar-refractivity contribution in [1.29, 1.82) is 0 Å². The number of likely N-dealkylation sites (tertiary alicyclic amines) is 1. The van der Waals surface area contributed by atoms with Crippen molar-refractivity contribution in [3.05, 3.63) is 35.6 Å². The first kappa shape index (κ1) is 15.5. The van der Waals surface area contributed by atoms with Crippen molar-refractivity contribution >= 4 is 11.8 Å². The first-order valence-electron chi connectivity index (χ1n) is 7.31. The molecule has 1 heterocycles. The van der Waals surface area contributed by atoms with Gasteiger partial charge in [-0.1, -0.05) is 18.2 Å². The summed E-state index contributed by atoms with van der Waals surface area (Å²) < 4.78 is 13.5. The third kappa shape index (κ3) is 3.80. The molecule has 0 spiro atoms. The molecule has 1 aliphatic heterocycles. The molecule has 2 atom stereocenters. The molecule has 0 radical (unpaired) electrons. The second kappa shape index (κ2) is 6.70. The zero-order valence-corrected chi connectivity index (χ0v) is 12.2. The van der Waals surface area contributed by atoms with Crippen LogP contribution in [0.25, 0.3) is 0 Å². The Morgan fingerprint density at radius 2 is 2.05 bits per heavy atom. The molecule has 0 bridgehead atoms. The minimum atomic E-state index is -0.353. The van der Waals surface area contributed by atoms with Crippen molar-refractivity contribution in [2.75, 3.05) is 6.54 Å². The van der Waals surface area contributed by atoms with Gasteiger partial charge in [-0.3, -0.25) is 9.59 Å². The molecule has 0 aromatic heterocycles. The highest BCUT2D eigenvalue weighted by molar-refractivity contribution is 5.80. The van der Waals surface area contributed by atoms with Crippen LogP contribution >= 0.6 is 0 Å². The van der Waals surface area contributed by atoms with Crippen LogP contribution in [0.3, 0.4) is 0 Å². The van der Waals surface area contributed by atoms with Gasteiger partial charge in [-0.25, -0.2) is 4.39 Å². The van der Waals surface area contributed by atoms with Crippen molar-refractivity contribution in [1.82, 2.24) is 4.90 Å². The molecule has 0 unspecified atom stereocenters. The number of nitrogens with two attached hydrogens (primary N) is 1. The van der Waals surface area contributed by atoms with Gasteiger partial charge in [0.05, 0.1) is 5.92 Å². The van der Waals surface area contributed by atoms with E-state index in [0.717, 1.165) is 12.8 Å². The highest BCUT2D eigenvalue weighted by Crippen LogP contribution is 2.23. The molecular formula is C16H21FN2O2. The summed E-state index contributed by atoms with van der Waals surface area (Å²) in [6.07, 6.45) is 2.12. The van der Waals surface area contributed by atoms with Crippen LogP contribution in [0.15, 0.2) is 24.3 Å². The summed E-state index contributed by atoms with van der Waals surface area (Å²) in [5.41, 5.74) is 5.88. The van der Waals surface area contributed by atoms with Gasteiger partial charge in [0.15, 0.2) is 0 Å². The molecule has 2 rings (SSSR count). The van der Waals surface area contributed by atoms with Gasteiger partial charge < -0.3 is 10.6 Å². The summed E-state index contributed by atoms with van der Waals surface area (Å²) in [6.45, 7) is 2.35. The molecule has 2 amide bonds. The standard InChI is InChI=1S/C16H21FN2O2/c1-11-6-7-13(16(18)21)10-19(11)15(20)9-8-12-4-2-3-5-14(12)17/h2-5,11,13H,6-10H2,1H3,(H2,18,21)/t11-,13-/m1/s1. The largest absolute Gasteiger partial charge is 0.369 e. The Kier molecular flexibility index (Phi) is 4.94. The van der Waals surface area contributed by atoms with E-state index >= 15 is 0 Å². The minimum absolute atomic E-state index is 0.0447. The summed E-state index contributed by atoms with van der Waals surface area (Å²) in [7, 11) is 0. The topological polar surface area (TPSA) is 63.4 Å². The average Bonchev–Trinajstić information content (AvgIpc) is 2.46. The lowest BCUT2D eigenvalue weighted by Gasteiger charge is -2.37. The number of amides is 2. The van der Waals surface area contributed by atoms with Gasteiger partial charge in [-0.05, 0) is 37.8 Å².